The summed E-state index contributed by atoms with van der Waals surface area (Å²) in [6.45, 7) is 2.36. The van der Waals surface area contributed by atoms with Crippen LogP contribution < -0.4 is 5.32 Å². The summed E-state index contributed by atoms with van der Waals surface area (Å²) < 4.78 is 0. The van der Waals surface area contributed by atoms with E-state index in [9.17, 15) is 4.79 Å². The molecular weight excluding hydrogens is 178 g/mol. The van der Waals surface area contributed by atoms with Crippen molar-refractivity contribution in [1.29, 1.82) is 0 Å². The zero-order valence-corrected chi connectivity index (χ0v) is 8.10. The average Bonchev–Trinajstić information content (AvgIpc) is 1.98. The van der Waals surface area contributed by atoms with E-state index in [1.807, 2.05) is 0 Å². The Morgan fingerprint density at radius 2 is 2.33 bits per heavy atom. The van der Waals surface area contributed by atoms with Crippen LogP contribution in [0.4, 0.5) is 0 Å². The minimum absolute atomic E-state index is 0.0180. The normalized spacial score (nSPS) is 12.6. The third-order valence-corrected chi connectivity index (χ3v) is 1.63. The van der Waals surface area contributed by atoms with E-state index in [0.29, 0.717) is 18.8 Å². The average molecular weight is 194 g/mol. The molecule has 0 aromatic heterocycles. The molecule has 0 aromatic carbocycles. The van der Waals surface area contributed by atoms with Crippen molar-refractivity contribution >= 4 is 17.5 Å². The van der Waals surface area contributed by atoms with Gasteiger partial charge in [0.05, 0.1) is 6.10 Å². The molecule has 3 nitrogen and oxygen atoms in total. The van der Waals surface area contributed by atoms with Crippen LogP contribution in [0.25, 0.3) is 0 Å². The van der Waals surface area contributed by atoms with Gasteiger partial charge >= 0.3 is 0 Å². The molecule has 0 rings (SSSR count). The molecular formula is C8H16ClNO2. The number of amides is 1. The van der Waals surface area contributed by atoms with Gasteiger partial charge in [0.25, 0.3) is 0 Å². The Hall–Kier alpha value is -0.280. The first-order chi connectivity index (χ1) is 5.66. The molecule has 1 unspecified atom stereocenters. The third-order valence-electron chi connectivity index (χ3n) is 1.44. The Kier molecular flexibility index (Phi) is 7.20. The summed E-state index contributed by atoms with van der Waals surface area (Å²) in [5.41, 5.74) is 0. The zero-order chi connectivity index (χ0) is 9.40. The molecule has 1 amide bonds. The second-order valence-corrected chi connectivity index (χ2v) is 3.16. The van der Waals surface area contributed by atoms with Gasteiger partial charge < -0.3 is 10.4 Å². The van der Waals surface area contributed by atoms with E-state index in [2.05, 4.69) is 5.32 Å². The first-order valence-corrected chi connectivity index (χ1v) is 4.71. The van der Waals surface area contributed by atoms with Crippen LogP contribution in [0.5, 0.6) is 0 Å². The molecule has 12 heavy (non-hydrogen) atoms. The largest absolute Gasteiger partial charge is 0.393 e. The van der Waals surface area contributed by atoms with E-state index < -0.39 is 0 Å². The highest BCUT2D eigenvalue weighted by Gasteiger charge is 1.99. The number of alkyl halides is 1. The van der Waals surface area contributed by atoms with Crippen molar-refractivity contribution in [3.8, 4) is 0 Å². The molecule has 0 saturated heterocycles. The number of carbonyl (C=O) groups is 1. The maximum absolute atomic E-state index is 10.8. The summed E-state index contributed by atoms with van der Waals surface area (Å²) >= 11 is 5.36. The summed E-state index contributed by atoms with van der Waals surface area (Å²) in [5.74, 6) is 0.345. The van der Waals surface area contributed by atoms with E-state index in [-0.39, 0.29) is 12.0 Å². The van der Waals surface area contributed by atoms with Gasteiger partial charge in [0, 0.05) is 18.8 Å². The molecule has 72 valence electrons. The second kappa shape index (κ2) is 7.37. The van der Waals surface area contributed by atoms with E-state index >= 15 is 0 Å². The number of carbonyl (C=O) groups excluding carboxylic acids is 1. The highest BCUT2D eigenvalue weighted by atomic mass is 35.5. The SMILES string of the molecule is CC(O)CCCNC(=O)CCCl. The maximum Gasteiger partial charge on any atom is 0.221 e. The smallest absolute Gasteiger partial charge is 0.221 e. The second-order valence-electron chi connectivity index (χ2n) is 2.78. The summed E-state index contributed by atoms with van der Waals surface area (Å²) in [6, 6.07) is 0. The van der Waals surface area contributed by atoms with Crippen LogP contribution in [-0.4, -0.2) is 29.5 Å². The van der Waals surface area contributed by atoms with Crippen molar-refractivity contribution in [3.05, 3.63) is 0 Å². The molecule has 0 aliphatic heterocycles. The number of halogens is 1. The molecule has 0 spiro atoms. The molecule has 0 saturated carbocycles. The van der Waals surface area contributed by atoms with Crippen molar-refractivity contribution < 1.29 is 9.90 Å². The number of rotatable bonds is 6. The van der Waals surface area contributed by atoms with Gasteiger partial charge in [-0.2, -0.15) is 0 Å². The van der Waals surface area contributed by atoms with Crippen LogP contribution in [0.3, 0.4) is 0 Å². The van der Waals surface area contributed by atoms with Gasteiger partial charge in [-0.25, -0.2) is 0 Å². The molecule has 2 N–H and O–H groups in total. The zero-order valence-electron chi connectivity index (χ0n) is 7.35. The number of nitrogens with one attached hydrogen (secondary N) is 1. The van der Waals surface area contributed by atoms with Gasteiger partial charge in [-0.05, 0) is 19.8 Å². The molecule has 0 aliphatic carbocycles. The summed E-state index contributed by atoms with van der Waals surface area (Å²) in [5, 5.41) is 11.6. The highest BCUT2D eigenvalue weighted by molar-refractivity contribution is 6.18. The molecule has 0 aliphatic rings. The van der Waals surface area contributed by atoms with Gasteiger partial charge in [0.2, 0.25) is 5.91 Å². The lowest BCUT2D eigenvalue weighted by Gasteiger charge is -2.05. The summed E-state index contributed by atoms with van der Waals surface area (Å²) in [7, 11) is 0. The molecule has 0 heterocycles. The van der Waals surface area contributed by atoms with Crippen LogP contribution in [0.1, 0.15) is 26.2 Å². The molecule has 0 bridgehead atoms. The predicted octanol–water partition coefficient (Wildman–Crippen LogP) is 0.892. The van der Waals surface area contributed by atoms with Gasteiger partial charge in [0.15, 0.2) is 0 Å². The molecule has 0 aromatic rings. The minimum Gasteiger partial charge on any atom is -0.393 e. The van der Waals surface area contributed by atoms with Crippen molar-refractivity contribution in [3.63, 3.8) is 0 Å². The third kappa shape index (κ3) is 7.82. The first kappa shape index (κ1) is 11.7. The predicted molar refractivity (Wildman–Crippen MR) is 49.3 cm³/mol. The molecule has 1 atom stereocenters. The van der Waals surface area contributed by atoms with E-state index in [0.717, 1.165) is 12.8 Å². The van der Waals surface area contributed by atoms with Crippen LogP contribution in [0.2, 0.25) is 0 Å². The van der Waals surface area contributed by atoms with Crippen molar-refractivity contribution in [2.45, 2.75) is 32.3 Å². The van der Waals surface area contributed by atoms with Crippen LogP contribution in [-0.2, 0) is 4.79 Å². The lowest BCUT2D eigenvalue weighted by molar-refractivity contribution is -0.120. The number of hydrogen-bond acceptors (Lipinski definition) is 2. The Balaban J connectivity index is 3.14. The van der Waals surface area contributed by atoms with E-state index in [1.54, 1.807) is 6.92 Å². The van der Waals surface area contributed by atoms with E-state index in [1.165, 1.54) is 0 Å². The van der Waals surface area contributed by atoms with E-state index in [4.69, 9.17) is 16.7 Å². The number of hydrogen-bond donors (Lipinski definition) is 2. The molecule has 0 fully saturated rings. The molecule has 4 heteroatoms. The monoisotopic (exact) mass is 193 g/mol. The molecule has 0 radical (unpaired) electrons. The summed E-state index contributed by atoms with van der Waals surface area (Å²) in [4.78, 5) is 10.8. The highest BCUT2D eigenvalue weighted by Crippen LogP contribution is 1.93. The van der Waals surface area contributed by atoms with Gasteiger partial charge in [-0.1, -0.05) is 0 Å². The first-order valence-electron chi connectivity index (χ1n) is 4.17. The fourth-order valence-electron chi connectivity index (χ4n) is 0.799. The van der Waals surface area contributed by atoms with Crippen molar-refractivity contribution in [2.75, 3.05) is 12.4 Å². The van der Waals surface area contributed by atoms with Gasteiger partial charge in [0.1, 0.15) is 0 Å². The Bertz CT molecular complexity index is 128. The Morgan fingerprint density at radius 3 is 2.83 bits per heavy atom. The fourth-order valence-corrected chi connectivity index (χ4v) is 0.971. The fraction of sp³-hybridized carbons (Fsp3) is 0.875. The Morgan fingerprint density at radius 1 is 1.67 bits per heavy atom. The minimum atomic E-state index is -0.282. The lowest BCUT2D eigenvalue weighted by Crippen LogP contribution is -2.24. The van der Waals surface area contributed by atoms with Crippen LogP contribution in [0, 0.1) is 0 Å². The Labute approximate surface area is 78.1 Å². The standard InChI is InChI=1S/C8H16ClNO2/c1-7(11)3-2-6-10-8(12)4-5-9/h7,11H,2-6H2,1H3,(H,10,12). The number of aliphatic hydroxyl groups is 1. The quantitative estimate of drug-likeness (QED) is 0.486. The van der Waals surface area contributed by atoms with Gasteiger partial charge in [-0.15, -0.1) is 11.6 Å². The number of aliphatic hydroxyl groups excluding tert-OH is 1. The topological polar surface area (TPSA) is 49.3 Å². The lowest BCUT2D eigenvalue weighted by atomic mass is 10.2. The van der Waals surface area contributed by atoms with Crippen molar-refractivity contribution in [1.82, 2.24) is 5.32 Å². The van der Waals surface area contributed by atoms with Crippen LogP contribution in [0.15, 0.2) is 0 Å². The maximum atomic E-state index is 10.8. The van der Waals surface area contributed by atoms with Gasteiger partial charge in [-0.3, -0.25) is 4.79 Å². The summed E-state index contributed by atoms with van der Waals surface area (Å²) in [6.07, 6.45) is 1.62. The van der Waals surface area contributed by atoms with Crippen molar-refractivity contribution in [2.24, 2.45) is 0 Å². The van der Waals surface area contributed by atoms with Crippen LogP contribution >= 0.6 is 11.6 Å².